The minimum atomic E-state index is -0.0723. The fourth-order valence-electron chi connectivity index (χ4n) is 2.07. The fourth-order valence-corrected chi connectivity index (χ4v) is 2.07. The highest BCUT2D eigenvalue weighted by Crippen LogP contribution is 2.13. The number of ether oxygens (including phenoxy) is 1. The number of carbonyl (C=O) groups is 1. The van der Waals surface area contributed by atoms with E-state index in [-0.39, 0.29) is 5.91 Å². The van der Waals surface area contributed by atoms with Gasteiger partial charge in [0.1, 0.15) is 12.4 Å². The second kappa shape index (κ2) is 6.18. The average Bonchev–Trinajstić information content (AvgIpc) is 2.59. The highest BCUT2D eigenvalue weighted by molar-refractivity contribution is 6.44. The van der Waals surface area contributed by atoms with Crippen molar-refractivity contribution in [3.8, 4) is 0 Å². The Morgan fingerprint density at radius 3 is 2.74 bits per heavy atom. The molecule has 1 aromatic rings. The van der Waals surface area contributed by atoms with Crippen molar-refractivity contribution in [1.82, 2.24) is 4.90 Å². The Morgan fingerprint density at radius 1 is 1.37 bits per heavy atom. The van der Waals surface area contributed by atoms with Gasteiger partial charge in [0.05, 0.1) is 6.54 Å². The van der Waals surface area contributed by atoms with E-state index in [1.807, 2.05) is 37.3 Å². The molecule has 0 unspecified atom stereocenters. The molecular weight excluding hydrogens is 240 g/mol. The van der Waals surface area contributed by atoms with Crippen LogP contribution in [-0.2, 0) is 16.1 Å². The highest BCUT2D eigenvalue weighted by atomic mass is 16.5. The van der Waals surface area contributed by atoms with Gasteiger partial charge < -0.3 is 9.64 Å². The van der Waals surface area contributed by atoms with Crippen LogP contribution in [0.2, 0.25) is 0 Å². The molecule has 0 saturated carbocycles. The van der Waals surface area contributed by atoms with Crippen LogP contribution in [0.1, 0.15) is 12.5 Å². The maximum absolute atomic E-state index is 12.4. The predicted molar refractivity (Wildman–Crippen MR) is 74.9 cm³/mol. The third-order valence-corrected chi connectivity index (χ3v) is 3.04. The van der Waals surface area contributed by atoms with E-state index in [0.717, 1.165) is 5.56 Å². The second-order valence-corrected chi connectivity index (χ2v) is 4.29. The number of aliphatic imine (C=N–C) groups is 1. The molecule has 2 rings (SSSR count). The summed E-state index contributed by atoms with van der Waals surface area (Å²) in [5.74, 6) is 0.500. The largest absolute Gasteiger partial charge is 0.490 e. The van der Waals surface area contributed by atoms with Crippen molar-refractivity contribution >= 4 is 11.6 Å². The minimum Gasteiger partial charge on any atom is -0.490 e. The number of nitrogens with zero attached hydrogens (tertiary/aromatic N) is 2. The van der Waals surface area contributed by atoms with Gasteiger partial charge in [-0.15, -0.1) is 0 Å². The first-order valence-corrected chi connectivity index (χ1v) is 6.35. The molecule has 1 heterocycles. The van der Waals surface area contributed by atoms with Gasteiger partial charge in [0.15, 0.2) is 5.71 Å². The van der Waals surface area contributed by atoms with E-state index in [4.69, 9.17) is 4.74 Å². The Kier molecular flexibility index (Phi) is 4.34. The standard InChI is InChI=1S/C15H18N2O2/c1-3-13-14(16-2)15(18)17(9-10-19-13)11-12-7-5-4-6-8-12/h3-8H,9-11H2,1-2H3. The molecule has 0 radical (unpaired) electrons. The van der Waals surface area contributed by atoms with Gasteiger partial charge in [-0.05, 0) is 18.6 Å². The van der Waals surface area contributed by atoms with E-state index in [0.29, 0.717) is 31.2 Å². The Hall–Kier alpha value is -2.10. The molecule has 1 amide bonds. The Morgan fingerprint density at radius 2 is 2.11 bits per heavy atom. The third-order valence-electron chi connectivity index (χ3n) is 3.04. The fraction of sp³-hybridized carbons (Fsp3) is 0.333. The number of hydrogen-bond acceptors (Lipinski definition) is 3. The quantitative estimate of drug-likeness (QED) is 0.814. The molecule has 100 valence electrons. The van der Waals surface area contributed by atoms with Gasteiger partial charge in [0.25, 0.3) is 5.91 Å². The van der Waals surface area contributed by atoms with Gasteiger partial charge in [-0.2, -0.15) is 0 Å². The summed E-state index contributed by atoms with van der Waals surface area (Å²) in [6.45, 7) is 3.50. The molecule has 1 aromatic carbocycles. The molecule has 1 fully saturated rings. The molecular formula is C15H18N2O2. The zero-order valence-corrected chi connectivity index (χ0v) is 11.3. The molecule has 19 heavy (non-hydrogen) atoms. The lowest BCUT2D eigenvalue weighted by molar-refractivity contribution is -0.124. The Labute approximate surface area is 113 Å². The third kappa shape index (κ3) is 3.02. The maximum Gasteiger partial charge on any atom is 0.276 e. The summed E-state index contributed by atoms with van der Waals surface area (Å²) >= 11 is 0. The summed E-state index contributed by atoms with van der Waals surface area (Å²) in [5.41, 5.74) is 1.51. The van der Waals surface area contributed by atoms with Crippen molar-refractivity contribution in [1.29, 1.82) is 0 Å². The van der Waals surface area contributed by atoms with E-state index in [1.165, 1.54) is 0 Å². The molecule has 0 N–H and O–H groups in total. The number of benzene rings is 1. The average molecular weight is 258 g/mol. The zero-order valence-electron chi connectivity index (χ0n) is 11.3. The maximum atomic E-state index is 12.4. The molecule has 0 aliphatic carbocycles. The number of allylic oxidation sites excluding steroid dienone is 1. The van der Waals surface area contributed by atoms with Crippen LogP contribution < -0.4 is 0 Å². The van der Waals surface area contributed by atoms with Crippen molar-refractivity contribution < 1.29 is 9.53 Å². The Bertz CT molecular complexity index is 506. The smallest absolute Gasteiger partial charge is 0.276 e. The van der Waals surface area contributed by atoms with Crippen LogP contribution in [0.3, 0.4) is 0 Å². The van der Waals surface area contributed by atoms with Crippen molar-refractivity contribution in [2.24, 2.45) is 4.99 Å². The molecule has 4 nitrogen and oxygen atoms in total. The van der Waals surface area contributed by atoms with Crippen LogP contribution in [0.25, 0.3) is 0 Å². The van der Waals surface area contributed by atoms with Gasteiger partial charge >= 0.3 is 0 Å². The topological polar surface area (TPSA) is 41.9 Å². The first-order chi connectivity index (χ1) is 9.26. The van der Waals surface area contributed by atoms with Crippen LogP contribution in [0.5, 0.6) is 0 Å². The molecule has 0 spiro atoms. The van der Waals surface area contributed by atoms with E-state index in [1.54, 1.807) is 18.0 Å². The normalized spacial score (nSPS) is 20.5. The van der Waals surface area contributed by atoms with Gasteiger partial charge in [0, 0.05) is 13.6 Å². The van der Waals surface area contributed by atoms with Crippen LogP contribution in [0.15, 0.2) is 47.2 Å². The van der Waals surface area contributed by atoms with Crippen LogP contribution in [-0.4, -0.2) is 36.7 Å². The molecule has 4 heteroatoms. The summed E-state index contributed by atoms with van der Waals surface area (Å²) in [4.78, 5) is 18.3. The highest BCUT2D eigenvalue weighted by Gasteiger charge is 2.26. The first-order valence-electron chi connectivity index (χ1n) is 6.35. The molecule has 1 aliphatic heterocycles. The van der Waals surface area contributed by atoms with E-state index in [9.17, 15) is 4.79 Å². The number of carbonyl (C=O) groups excluding carboxylic acids is 1. The lowest BCUT2D eigenvalue weighted by Gasteiger charge is -2.19. The lowest BCUT2D eigenvalue weighted by Crippen LogP contribution is -2.35. The number of hydrogen-bond donors (Lipinski definition) is 0. The van der Waals surface area contributed by atoms with Crippen LogP contribution >= 0.6 is 0 Å². The van der Waals surface area contributed by atoms with Crippen LogP contribution in [0.4, 0.5) is 0 Å². The Balaban J connectivity index is 2.20. The summed E-state index contributed by atoms with van der Waals surface area (Å²) in [6.07, 6.45) is 1.78. The molecule has 0 bridgehead atoms. The molecule has 1 aliphatic rings. The summed E-state index contributed by atoms with van der Waals surface area (Å²) < 4.78 is 5.56. The van der Waals surface area contributed by atoms with E-state index >= 15 is 0 Å². The number of amides is 1. The SMILES string of the molecule is CC=C1OCCN(Cc2ccccc2)C(=O)C1=NC. The van der Waals surface area contributed by atoms with Gasteiger partial charge in [-0.1, -0.05) is 30.3 Å². The monoisotopic (exact) mass is 258 g/mol. The van der Waals surface area contributed by atoms with Gasteiger partial charge in [0.2, 0.25) is 0 Å². The van der Waals surface area contributed by atoms with E-state index in [2.05, 4.69) is 4.99 Å². The zero-order chi connectivity index (χ0) is 13.7. The summed E-state index contributed by atoms with van der Waals surface area (Å²) in [7, 11) is 1.62. The van der Waals surface area contributed by atoms with Crippen molar-refractivity contribution in [3.63, 3.8) is 0 Å². The predicted octanol–water partition coefficient (Wildman–Crippen LogP) is 2.02. The minimum absolute atomic E-state index is 0.0723. The summed E-state index contributed by atoms with van der Waals surface area (Å²) in [5, 5.41) is 0. The van der Waals surface area contributed by atoms with Crippen molar-refractivity contribution in [2.45, 2.75) is 13.5 Å². The molecule has 1 saturated heterocycles. The number of rotatable bonds is 2. The second-order valence-electron chi connectivity index (χ2n) is 4.29. The van der Waals surface area contributed by atoms with E-state index < -0.39 is 0 Å². The lowest BCUT2D eigenvalue weighted by atomic mass is 10.2. The van der Waals surface area contributed by atoms with Crippen molar-refractivity contribution in [3.05, 3.63) is 47.7 Å². The summed E-state index contributed by atoms with van der Waals surface area (Å²) in [6, 6.07) is 9.94. The van der Waals surface area contributed by atoms with Gasteiger partial charge in [-0.3, -0.25) is 9.79 Å². The first kappa shape index (κ1) is 13.3. The van der Waals surface area contributed by atoms with Crippen molar-refractivity contribution in [2.75, 3.05) is 20.2 Å². The molecule has 0 aromatic heterocycles. The van der Waals surface area contributed by atoms with Crippen LogP contribution in [0, 0.1) is 0 Å². The molecule has 0 atom stereocenters. The van der Waals surface area contributed by atoms with Gasteiger partial charge in [-0.25, -0.2) is 0 Å².